The molecule has 1 saturated carbocycles. The monoisotopic (exact) mass is 330 g/mol. The molecule has 130 valence electrons. The van der Waals surface area contributed by atoms with Gasteiger partial charge in [-0.15, -0.1) is 0 Å². The fourth-order valence-electron chi connectivity index (χ4n) is 3.52. The number of fused-ring (bicyclic) bond motifs is 1. The molecular formula is C19H26N2O3. The number of methoxy groups -OCH3 is 1. The highest BCUT2D eigenvalue weighted by Gasteiger charge is 2.24. The zero-order chi connectivity index (χ0) is 17.1. The van der Waals surface area contributed by atoms with E-state index in [-0.39, 0.29) is 11.7 Å². The summed E-state index contributed by atoms with van der Waals surface area (Å²) in [5.74, 6) is 1.36. The van der Waals surface area contributed by atoms with Crippen LogP contribution in [-0.2, 0) is 0 Å². The van der Waals surface area contributed by atoms with Gasteiger partial charge in [-0.25, -0.2) is 0 Å². The molecular weight excluding hydrogens is 304 g/mol. The first-order chi connectivity index (χ1) is 11.6. The van der Waals surface area contributed by atoms with Crippen molar-refractivity contribution in [3.63, 3.8) is 0 Å². The van der Waals surface area contributed by atoms with Crippen molar-refractivity contribution in [3.05, 3.63) is 34.7 Å². The van der Waals surface area contributed by atoms with Gasteiger partial charge in [-0.1, -0.05) is 13.8 Å². The number of hydrogen-bond donors (Lipinski definition) is 2. The first kappa shape index (κ1) is 16.8. The van der Waals surface area contributed by atoms with Gasteiger partial charge in [0.1, 0.15) is 0 Å². The fraction of sp³-hybridized carbons (Fsp3) is 0.526. The van der Waals surface area contributed by atoms with E-state index in [2.05, 4.69) is 24.1 Å². The molecule has 1 aliphatic rings. The van der Waals surface area contributed by atoms with E-state index in [9.17, 15) is 4.79 Å². The van der Waals surface area contributed by atoms with Crippen molar-refractivity contribution in [2.45, 2.75) is 57.7 Å². The number of ether oxygens (including phenoxy) is 2. The summed E-state index contributed by atoms with van der Waals surface area (Å²) < 4.78 is 11.8. The number of rotatable bonds is 5. The normalized spacial score (nSPS) is 21.2. The number of pyridine rings is 1. The summed E-state index contributed by atoms with van der Waals surface area (Å²) in [7, 11) is 1.62. The van der Waals surface area contributed by atoms with E-state index >= 15 is 0 Å². The third-order valence-corrected chi connectivity index (χ3v) is 4.61. The zero-order valence-corrected chi connectivity index (χ0v) is 14.6. The van der Waals surface area contributed by atoms with Gasteiger partial charge in [0.2, 0.25) is 0 Å². The minimum absolute atomic E-state index is 0.113. The van der Waals surface area contributed by atoms with Gasteiger partial charge in [0, 0.05) is 23.7 Å². The second-order valence-corrected chi connectivity index (χ2v) is 6.78. The van der Waals surface area contributed by atoms with E-state index in [0.29, 0.717) is 23.2 Å². The molecule has 0 unspecified atom stereocenters. The van der Waals surface area contributed by atoms with Crippen LogP contribution in [0.1, 0.15) is 39.5 Å². The minimum atomic E-state index is -0.113. The van der Waals surface area contributed by atoms with Gasteiger partial charge in [-0.05, 0) is 43.9 Å². The Labute approximate surface area is 142 Å². The largest absolute Gasteiger partial charge is 0.492 e. The quantitative estimate of drug-likeness (QED) is 0.883. The van der Waals surface area contributed by atoms with Crippen LogP contribution in [-0.4, -0.2) is 30.3 Å². The molecule has 0 spiro atoms. The molecule has 0 radical (unpaired) electrons. The topological polar surface area (TPSA) is 63.4 Å². The van der Waals surface area contributed by atoms with Crippen LogP contribution >= 0.6 is 0 Å². The van der Waals surface area contributed by atoms with Gasteiger partial charge in [0.25, 0.3) is 5.56 Å². The number of H-pyrrole nitrogens is 1. The molecule has 3 rings (SSSR count). The Hall–Kier alpha value is -2.01. The Bertz CT molecular complexity index is 746. The van der Waals surface area contributed by atoms with Gasteiger partial charge >= 0.3 is 0 Å². The second kappa shape index (κ2) is 7.26. The van der Waals surface area contributed by atoms with Gasteiger partial charge in [0.15, 0.2) is 11.5 Å². The number of aromatic nitrogens is 1. The molecule has 2 N–H and O–H groups in total. The van der Waals surface area contributed by atoms with Crippen LogP contribution in [0.2, 0.25) is 0 Å². The van der Waals surface area contributed by atoms with Crippen LogP contribution in [0.25, 0.3) is 10.8 Å². The molecule has 0 atom stereocenters. The summed E-state index contributed by atoms with van der Waals surface area (Å²) in [5.41, 5.74) is -0.113. The Morgan fingerprint density at radius 2 is 1.88 bits per heavy atom. The minimum Gasteiger partial charge on any atom is -0.492 e. The molecule has 0 bridgehead atoms. The summed E-state index contributed by atoms with van der Waals surface area (Å²) in [5, 5.41) is 5.00. The molecule has 1 aliphatic carbocycles. The second-order valence-electron chi connectivity index (χ2n) is 6.78. The van der Waals surface area contributed by atoms with Crippen molar-refractivity contribution in [2.24, 2.45) is 0 Å². The number of benzene rings is 1. The van der Waals surface area contributed by atoms with E-state index in [1.807, 2.05) is 12.1 Å². The predicted molar refractivity (Wildman–Crippen MR) is 96.1 cm³/mol. The molecule has 24 heavy (non-hydrogen) atoms. The van der Waals surface area contributed by atoms with Crippen LogP contribution in [0, 0.1) is 0 Å². The summed E-state index contributed by atoms with van der Waals surface area (Å²) in [6.45, 7) is 4.37. The highest BCUT2D eigenvalue weighted by Crippen LogP contribution is 2.36. The van der Waals surface area contributed by atoms with Gasteiger partial charge in [-0.2, -0.15) is 0 Å². The Kier molecular flexibility index (Phi) is 5.09. The maximum Gasteiger partial charge on any atom is 0.255 e. The summed E-state index contributed by atoms with van der Waals surface area (Å²) in [6.07, 6.45) is 6.14. The average molecular weight is 330 g/mol. The van der Waals surface area contributed by atoms with E-state index in [0.717, 1.165) is 36.8 Å². The van der Waals surface area contributed by atoms with E-state index in [1.165, 1.54) is 0 Å². The number of aromatic amines is 1. The molecule has 1 aromatic heterocycles. The fourth-order valence-corrected chi connectivity index (χ4v) is 3.52. The van der Waals surface area contributed by atoms with Crippen molar-refractivity contribution in [2.75, 3.05) is 7.11 Å². The lowest BCUT2D eigenvalue weighted by Gasteiger charge is -2.31. The molecule has 5 nitrogen and oxygen atoms in total. The highest BCUT2D eigenvalue weighted by molar-refractivity contribution is 5.89. The van der Waals surface area contributed by atoms with Crippen LogP contribution in [0.15, 0.2) is 29.2 Å². The maximum atomic E-state index is 11.9. The van der Waals surface area contributed by atoms with Crippen LogP contribution in [0.3, 0.4) is 0 Å². The first-order valence-electron chi connectivity index (χ1n) is 8.69. The molecule has 5 heteroatoms. The highest BCUT2D eigenvalue weighted by atomic mass is 16.5. The van der Waals surface area contributed by atoms with E-state index in [4.69, 9.17) is 9.47 Å². The van der Waals surface area contributed by atoms with E-state index in [1.54, 1.807) is 19.4 Å². The Morgan fingerprint density at radius 1 is 1.12 bits per heavy atom. The predicted octanol–water partition coefficient (Wildman–Crippen LogP) is 3.22. The smallest absolute Gasteiger partial charge is 0.255 e. The lowest BCUT2D eigenvalue weighted by atomic mass is 9.92. The van der Waals surface area contributed by atoms with Gasteiger partial charge in [-0.3, -0.25) is 4.79 Å². The van der Waals surface area contributed by atoms with Crippen LogP contribution in [0.5, 0.6) is 11.5 Å². The van der Waals surface area contributed by atoms with Crippen LogP contribution < -0.4 is 20.3 Å². The van der Waals surface area contributed by atoms with Crippen molar-refractivity contribution in [1.29, 1.82) is 0 Å². The standard InChI is InChI=1S/C19H26N2O3/c1-12(2)21-13-4-6-14(7-5-13)24-17-9-8-16-15(18(17)23-3)10-11-20-19(16)22/h8-14,21H,4-7H2,1-3H3,(H,20,22). The molecule has 1 fully saturated rings. The molecule has 0 aliphatic heterocycles. The molecule has 0 amide bonds. The van der Waals surface area contributed by atoms with Crippen molar-refractivity contribution < 1.29 is 9.47 Å². The van der Waals surface area contributed by atoms with Crippen molar-refractivity contribution >= 4 is 10.8 Å². The number of nitrogens with one attached hydrogen (secondary N) is 2. The van der Waals surface area contributed by atoms with Gasteiger partial charge < -0.3 is 19.8 Å². The molecule has 1 heterocycles. The maximum absolute atomic E-state index is 11.9. The summed E-state index contributed by atoms with van der Waals surface area (Å²) >= 11 is 0. The molecule has 2 aromatic rings. The lowest BCUT2D eigenvalue weighted by Crippen LogP contribution is -2.39. The van der Waals surface area contributed by atoms with Crippen molar-refractivity contribution in [3.8, 4) is 11.5 Å². The summed E-state index contributed by atoms with van der Waals surface area (Å²) in [4.78, 5) is 14.6. The Balaban J connectivity index is 1.75. The van der Waals surface area contributed by atoms with Crippen molar-refractivity contribution in [1.82, 2.24) is 10.3 Å². The third-order valence-electron chi connectivity index (χ3n) is 4.61. The lowest BCUT2D eigenvalue weighted by molar-refractivity contribution is 0.133. The zero-order valence-electron chi connectivity index (χ0n) is 14.6. The SMILES string of the molecule is COc1c(OC2CCC(NC(C)C)CC2)ccc2c(=O)[nH]ccc12. The molecule has 1 aromatic carbocycles. The average Bonchev–Trinajstić information content (AvgIpc) is 2.56. The van der Waals surface area contributed by atoms with Gasteiger partial charge in [0.05, 0.1) is 18.6 Å². The third kappa shape index (κ3) is 3.56. The Morgan fingerprint density at radius 3 is 2.54 bits per heavy atom. The first-order valence-corrected chi connectivity index (χ1v) is 8.69. The number of hydrogen-bond acceptors (Lipinski definition) is 4. The summed E-state index contributed by atoms with van der Waals surface area (Å²) in [6, 6.07) is 6.60. The van der Waals surface area contributed by atoms with Crippen LogP contribution in [0.4, 0.5) is 0 Å². The molecule has 0 saturated heterocycles. The van der Waals surface area contributed by atoms with E-state index < -0.39 is 0 Å².